The smallest absolute Gasteiger partial charge is 0.270 e. The van der Waals surface area contributed by atoms with Crippen LogP contribution in [-0.4, -0.2) is 52.5 Å². The van der Waals surface area contributed by atoms with E-state index in [1.165, 1.54) is 0 Å². The van der Waals surface area contributed by atoms with Gasteiger partial charge in [0.2, 0.25) is 0 Å². The number of carbonyl (C=O) groups is 1. The molecule has 2 N–H and O–H groups in total. The van der Waals surface area contributed by atoms with Gasteiger partial charge in [0.25, 0.3) is 5.91 Å². The van der Waals surface area contributed by atoms with Gasteiger partial charge in [-0.3, -0.25) is 9.69 Å². The van der Waals surface area contributed by atoms with Crippen LogP contribution < -0.4 is 5.73 Å². The third-order valence-electron chi connectivity index (χ3n) is 4.12. The molecule has 5 nitrogen and oxygen atoms in total. The molecule has 1 saturated heterocycles. The van der Waals surface area contributed by atoms with Gasteiger partial charge in [-0.25, -0.2) is 0 Å². The summed E-state index contributed by atoms with van der Waals surface area (Å²) in [5.74, 6) is 0.0883. The van der Waals surface area contributed by atoms with E-state index in [0.717, 1.165) is 19.6 Å². The van der Waals surface area contributed by atoms with Crippen LogP contribution in [0.1, 0.15) is 31.3 Å². The van der Waals surface area contributed by atoms with E-state index in [-0.39, 0.29) is 5.91 Å². The van der Waals surface area contributed by atoms with Crippen molar-refractivity contribution in [3.8, 4) is 0 Å². The fourth-order valence-electron chi connectivity index (χ4n) is 2.71. The maximum absolute atomic E-state index is 12.6. The van der Waals surface area contributed by atoms with Gasteiger partial charge in [0, 0.05) is 37.9 Å². The zero-order chi connectivity index (χ0) is 14.2. The van der Waals surface area contributed by atoms with Gasteiger partial charge in [0.05, 0.1) is 5.69 Å². The minimum Gasteiger partial charge on any atom is -0.397 e. The van der Waals surface area contributed by atoms with Gasteiger partial charge in [-0.15, -0.1) is 0 Å². The van der Waals surface area contributed by atoms with E-state index in [4.69, 9.17) is 5.73 Å². The largest absolute Gasteiger partial charge is 0.397 e. The Kier molecular flexibility index (Phi) is 3.85. The van der Waals surface area contributed by atoms with Crippen molar-refractivity contribution in [2.45, 2.75) is 39.4 Å². The number of nitrogens with two attached hydrogens (primary N) is 1. The van der Waals surface area contributed by atoms with E-state index in [9.17, 15) is 4.79 Å². The van der Waals surface area contributed by atoms with Crippen molar-refractivity contribution in [3.63, 3.8) is 0 Å². The number of nitrogen functional groups attached to an aromatic ring is 1. The quantitative estimate of drug-likeness (QED) is 0.875. The minimum absolute atomic E-state index is 0.0883. The van der Waals surface area contributed by atoms with Crippen molar-refractivity contribution in [1.29, 1.82) is 0 Å². The van der Waals surface area contributed by atoms with Gasteiger partial charge in [-0.05, 0) is 33.9 Å². The zero-order valence-electron chi connectivity index (χ0n) is 12.3. The van der Waals surface area contributed by atoms with Crippen LogP contribution in [0.5, 0.6) is 0 Å². The highest BCUT2D eigenvalue weighted by Crippen LogP contribution is 2.18. The number of piperazine rings is 1. The summed E-state index contributed by atoms with van der Waals surface area (Å²) in [4.78, 5) is 16.9. The van der Waals surface area contributed by atoms with Crippen molar-refractivity contribution in [2.75, 3.05) is 25.9 Å². The number of rotatable bonds is 2. The first-order valence-electron chi connectivity index (χ1n) is 6.90. The lowest BCUT2D eigenvalue weighted by molar-refractivity contribution is 0.0405. The Labute approximate surface area is 115 Å². The molecular formula is C14H24N4O. The fraction of sp³-hybridized carbons (Fsp3) is 0.643. The lowest BCUT2D eigenvalue weighted by Crippen LogP contribution is -2.56. The molecular weight excluding hydrogens is 240 g/mol. The molecule has 1 fully saturated rings. The molecule has 2 atom stereocenters. The second kappa shape index (κ2) is 5.25. The molecule has 1 amide bonds. The van der Waals surface area contributed by atoms with Gasteiger partial charge in [-0.2, -0.15) is 0 Å². The van der Waals surface area contributed by atoms with Crippen LogP contribution in [0.25, 0.3) is 0 Å². The molecule has 2 heterocycles. The number of amides is 1. The zero-order valence-corrected chi connectivity index (χ0v) is 12.3. The standard InChI is InChI=1S/C14H24N4O/c1-5-17-9-12(15)6-13(17)14(19)18-7-10(2)16(4)11(3)8-18/h6,9-11H,5,7-8,15H2,1-4H3. The van der Waals surface area contributed by atoms with Gasteiger partial charge in [-0.1, -0.05) is 0 Å². The normalized spacial score (nSPS) is 24.7. The van der Waals surface area contributed by atoms with Crippen LogP contribution in [0.4, 0.5) is 5.69 Å². The van der Waals surface area contributed by atoms with Gasteiger partial charge in [0.15, 0.2) is 0 Å². The van der Waals surface area contributed by atoms with Crippen molar-refractivity contribution < 1.29 is 4.79 Å². The summed E-state index contributed by atoms with van der Waals surface area (Å²) in [5, 5.41) is 0. The maximum atomic E-state index is 12.6. The SMILES string of the molecule is CCn1cc(N)cc1C(=O)N1CC(C)N(C)C(C)C1. The van der Waals surface area contributed by atoms with Gasteiger partial charge >= 0.3 is 0 Å². The highest BCUT2D eigenvalue weighted by Gasteiger charge is 2.30. The van der Waals surface area contributed by atoms with Crippen LogP contribution in [0.3, 0.4) is 0 Å². The van der Waals surface area contributed by atoms with E-state index in [2.05, 4.69) is 25.8 Å². The molecule has 106 valence electrons. The third kappa shape index (κ3) is 2.61. The first kappa shape index (κ1) is 13.9. The maximum Gasteiger partial charge on any atom is 0.270 e. The van der Waals surface area contributed by atoms with E-state index >= 15 is 0 Å². The predicted octanol–water partition coefficient (Wildman–Crippen LogP) is 1.25. The monoisotopic (exact) mass is 264 g/mol. The van der Waals surface area contributed by atoms with E-state index in [1.54, 1.807) is 6.07 Å². The Morgan fingerprint density at radius 3 is 2.47 bits per heavy atom. The number of anilines is 1. The van der Waals surface area contributed by atoms with Gasteiger partial charge < -0.3 is 15.2 Å². The van der Waals surface area contributed by atoms with Crippen LogP contribution >= 0.6 is 0 Å². The summed E-state index contributed by atoms with van der Waals surface area (Å²) < 4.78 is 1.92. The number of hydrogen-bond donors (Lipinski definition) is 1. The molecule has 0 saturated carbocycles. The molecule has 5 heteroatoms. The summed E-state index contributed by atoms with van der Waals surface area (Å²) in [6, 6.07) is 2.55. The number of nitrogens with zero attached hydrogens (tertiary/aromatic N) is 3. The molecule has 2 rings (SSSR count). The topological polar surface area (TPSA) is 54.5 Å². The first-order chi connectivity index (χ1) is 8.93. The summed E-state index contributed by atoms with van der Waals surface area (Å²) in [6.45, 7) is 8.64. The lowest BCUT2D eigenvalue weighted by Gasteiger charge is -2.42. The Bertz CT molecular complexity index is 456. The van der Waals surface area contributed by atoms with Crippen LogP contribution in [0.2, 0.25) is 0 Å². The highest BCUT2D eigenvalue weighted by atomic mass is 16.2. The molecule has 19 heavy (non-hydrogen) atoms. The molecule has 1 aromatic rings. The Morgan fingerprint density at radius 1 is 1.37 bits per heavy atom. The Balaban J connectivity index is 2.20. The molecule has 0 spiro atoms. The Morgan fingerprint density at radius 2 is 1.95 bits per heavy atom. The molecule has 0 aliphatic carbocycles. The summed E-state index contributed by atoms with van der Waals surface area (Å²) in [7, 11) is 2.11. The highest BCUT2D eigenvalue weighted by molar-refractivity contribution is 5.94. The molecule has 1 aromatic heterocycles. The first-order valence-corrected chi connectivity index (χ1v) is 6.90. The molecule has 0 bridgehead atoms. The fourth-order valence-corrected chi connectivity index (χ4v) is 2.71. The van der Waals surface area contributed by atoms with Crippen molar-refractivity contribution in [2.24, 2.45) is 0 Å². The molecule has 1 aliphatic rings. The summed E-state index contributed by atoms with van der Waals surface area (Å²) >= 11 is 0. The van der Waals surface area contributed by atoms with Crippen LogP contribution in [0.15, 0.2) is 12.3 Å². The second-order valence-corrected chi connectivity index (χ2v) is 5.52. The van der Waals surface area contributed by atoms with Crippen molar-refractivity contribution in [1.82, 2.24) is 14.4 Å². The molecule has 0 radical (unpaired) electrons. The predicted molar refractivity (Wildman–Crippen MR) is 77.1 cm³/mol. The molecule has 2 unspecified atom stereocenters. The van der Waals surface area contributed by atoms with E-state index in [1.807, 2.05) is 22.6 Å². The van der Waals surface area contributed by atoms with Crippen molar-refractivity contribution >= 4 is 11.6 Å². The molecule has 1 aliphatic heterocycles. The number of aromatic nitrogens is 1. The summed E-state index contributed by atoms with van der Waals surface area (Å²) in [5.41, 5.74) is 7.15. The van der Waals surface area contributed by atoms with Crippen LogP contribution in [-0.2, 0) is 6.54 Å². The third-order valence-corrected chi connectivity index (χ3v) is 4.12. The second-order valence-electron chi connectivity index (χ2n) is 5.52. The average Bonchev–Trinajstić information content (AvgIpc) is 2.75. The van der Waals surface area contributed by atoms with Gasteiger partial charge in [0.1, 0.15) is 5.69 Å². The number of likely N-dealkylation sites (N-methyl/N-ethyl adjacent to an activating group) is 1. The van der Waals surface area contributed by atoms with E-state index in [0.29, 0.717) is 23.5 Å². The Hall–Kier alpha value is -1.49. The van der Waals surface area contributed by atoms with E-state index < -0.39 is 0 Å². The average molecular weight is 264 g/mol. The van der Waals surface area contributed by atoms with Crippen LogP contribution in [0, 0.1) is 0 Å². The number of aryl methyl sites for hydroxylation is 1. The minimum atomic E-state index is 0.0883. The lowest BCUT2D eigenvalue weighted by atomic mass is 10.1. The summed E-state index contributed by atoms with van der Waals surface area (Å²) in [6.07, 6.45) is 1.83. The molecule has 0 aromatic carbocycles. The number of hydrogen-bond acceptors (Lipinski definition) is 3. The number of carbonyl (C=O) groups excluding carboxylic acids is 1. The van der Waals surface area contributed by atoms with Crippen molar-refractivity contribution in [3.05, 3.63) is 18.0 Å².